The molecule has 1 N–H and O–H groups in total. The van der Waals surface area contributed by atoms with Gasteiger partial charge in [0.05, 0.1) is 12.3 Å². The van der Waals surface area contributed by atoms with Gasteiger partial charge in [0.2, 0.25) is 21.8 Å². The molecule has 3 rings (SSSR count). The minimum absolute atomic E-state index is 0.0366. The van der Waals surface area contributed by atoms with Crippen LogP contribution in [0.2, 0.25) is 0 Å². The van der Waals surface area contributed by atoms with Gasteiger partial charge in [-0.15, -0.1) is 0 Å². The molecule has 1 aliphatic carbocycles. The molecule has 1 aromatic rings. The highest BCUT2D eigenvalue weighted by Crippen LogP contribution is 2.32. The number of aryl methyl sites for hydroxylation is 1. The van der Waals surface area contributed by atoms with E-state index < -0.39 is 15.6 Å². The van der Waals surface area contributed by atoms with Crippen LogP contribution in [0.15, 0.2) is 24.3 Å². The molecule has 0 spiro atoms. The molecule has 0 aromatic heterocycles. The zero-order valence-electron chi connectivity index (χ0n) is 18.9. The van der Waals surface area contributed by atoms with E-state index in [0.29, 0.717) is 12.1 Å². The lowest BCUT2D eigenvalue weighted by molar-refractivity contribution is -0.133. The molecule has 0 bridgehead atoms. The van der Waals surface area contributed by atoms with E-state index in [0.717, 1.165) is 31.2 Å². The lowest BCUT2D eigenvalue weighted by Gasteiger charge is -2.47. The summed E-state index contributed by atoms with van der Waals surface area (Å²) in [6.07, 6.45) is 6.76. The second-order valence-electron chi connectivity index (χ2n) is 9.08. The van der Waals surface area contributed by atoms with Crippen molar-refractivity contribution in [1.82, 2.24) is 9.62 Å². The molecular formula is C23H35N3O4S. The quantitative estimate of drug-likeness (QED) is 0.677. The van der Waals surface area contributed by atoms with Gasteiger partial charge in [0.15, 0.2) is 0 Å². The predicted molar refractivity (Wildman–Crippen MR) is 122 cm³/mol. The van der Waals surface area contributed by atoms with Crippen molar-refractivity contribution in [3.8, 4) is 0 Å². The largest absolute Gasteiger partial charge is 0.351 e. The molecule has 8 heteroatoms. The summed E-state index contributed by atoms with van der Waals surface area (Å²) in [5.74, 6) is -0.705. The number of sulfonamides is 1. The summed E-state index contributed by atoms with van der Waals surface area (Å²) in [5.41, 5.74) is 0.337. The van der Waals surface area contributed by atoms with Crippen molar-refractivity contribution < 1.29 is 18.0 Å². The van der Waals surface area contributed by atoms with E-state index in [1.165, 1.54) is 22.0 Å². The molecule has 172 valence electrons. The van der Waals surface area contributed by atoms with E-state index in [9.17, 15) is 18.0 Å². The van der Waals surface area contributed by atoms with E-state index >= 15 is 0 Å². The normalized spacial score (nSPS) is 24.1. The smallest absolute Gasteiger partial charge is 0.247 e. The molecule has 1 saturated carbocycles. The summed E-state index contributed by atoms with van der Waals surface area (Å²) in [4.78, 5) is 28.3. The highest BCUT2D eigenvalue weighted by molar-refractivity contribution is 7.89. The van der Waals surface area contributed by atoms with Gasteiger partial charge in [0.1, 0.15) is 5.54 Å². The van der Waals surface area contributed by atoms with Gasteiger partial charge < -0.3 is 5.32 Å². The minimum atomic E-state index is -3.62. The molecule has 0 radical (unpaired) electrons. The third kappa shape index (κ3) is 5.29. The Labute approximate surface area is 186 Å². The van der Waals surface area contributed by atoms with Crippen molar-refractivity contribution in [3.05, 3.63) is 29.8 Å². The Balaban J connectivity index is 1.95. The van der Waals surface area contributed by atoms with Crippen LogP contribution in [0, 0.1) is 6.92 Å². The second kappa shape index (κ2) is 9.69. The minimum Gasteiger partial charge on any atom is -0.351 e. The number of nitrogens with zero attached hydrogens (tertiary/aromatic N) is 2. The summed E-state index contributed by atoms with van der Waals surface area (Å²) in [7, 11) is -3.62. The van der Waals surface area contributed by atoms with Gasteiger partial charge in [-0.2, -0.15) is 4.31 Å². The number of rotatable bonds is 6. The Morgan fingerprint density at radius 3 is 2.32 bits per heavy atom. The number of hydrogen-bond donors (Lipinski definition) is 1. The van der Waals surface area contributed by atoms with Crippen LogP contribution in [-0.4, -0.2) is 55.0 Å². The van der Waals surface area contributed by atoms with Gasteiger partial charge in [-0.05, 0) is 45.2 Å². The van der Waals surface area contributed by atoms with E-state index in [1.807, 2.05) is 31.2 Å². The third-order valence-corrected chi connectivity index (χ3v) is 8.34. The number of hydrogen-bond acceptors (Lipinski definition) is 4. The van der Waals surface area contributed by atoms with Crippen LogP contribution in [0.1, 0.15) is 64.4 Å². The molecule has 0 unspecified atom stereocenters. The summed E-state index contributed by atoms with van der Waals surface area (Å²) in [6, 6.07) is 7.49. The lowest BCUT2D eigenvalue weighted by Crippen LogP contribution is -2.71. The van der Waals surface area contributed by atoms with Gasteiger partial charge >= 0.3 is 0 Å². The van der Waals surface area contributed by atoms with E-state index in [-0.39, 0.29) is 36.7 Å². The van der Waals surface area contributed by atoms with Crippen molar-refractivity contribution in [1.29, 1.82) is 0 Å². The first-order valence-electron chi connectivity index (χ1n) is 11.4. The Morgan fingerprint density at radius 1 is 1.13 bits per heavy atom. The zero-order chi connectivity index (χ0) is 22.6. The Morgan fingerprint density at radius 2 is 1.74 bits per heavy atom. The highest BCUT2D eigenvalue weighted by atomic mass is 32.2. The van der Waals surface area contributed by atoms with Crippen molar-refractivity contribution >= 4 is 27.5 Å². The maximum Gasteiger partial charge on any atom is 0.247 e. The van der Waals surface area contributed by atoms with E-state index in [2.05, 4.69) is 5.32 Å². The monoisotopic (exact) mass is 449 g/mol. The van der Waals surface area contributed by atoms with Crippen molar-refractivity contribution in [3.63, 3.8) is 0 Å². The van der Waals surface area contributed by atoms with Gasteiger partial charge in [-0.25, -0.2) is 8.42 Å². The van der Waals surface area contributed by atoms with Crippen molar-refractivity contribution in [2.75, 3.05) is 23.7 Å². The number of amides is 2. The van der Waals surface area contributed by atoms with Crippen LogP contribution < -0.4 is 10.2 Å². The van der Waals surface area contributed by atoms with Gasteiger partial charge in [-0.3, -0.25) is 14.5 Å². The molecule has 1 aliphatic heterocycles. The van der Waals surface area contributed by atoms with Gasteiger partial charge in [-0.1, -0.05) is 50.3 Å². The average molecular weight is 450 g/mol. The fourth-order valence-corrected chi connectivity index (χ4v) is 6.14. The zero-order valence-corrected chi connectivity index (χ0v) is 19.7. The van der Waals surface area contributed by atoms with E-state index in [1.54, 1.807) is 13.8 Å². The van der Waals surface area contributed by atoms with Crippen LogP contribution in [0.5, 0.6) is 0 Å². The maximum absolute atomic E-state index is 13.6. The molecule has 1 heterocycles. The number of carbonyl (C=O) groups excluding carboxylic acids is 2. The summed E-state index contributed by atoms with van der Waals surface area (Å²) in [5, 5.41) is 3.15. The Kier molecular flexibility index (Phi) is 7.42. The third-order valence-electron chi connectivity index (χ3n) is 6.37. The molecular weight excluding hydrogens is 414 g/mol. The van der Waals surface area contributed by atoms with Crippen molar-refractivity contribution in [2.45, 2.75) is 77.3 Å². The van der Waals surface area contributed by atoms with Crippen LogP contribution >= 0.6 is 0 Å². The van der Waals surface area contributed by atoms with Crippen LogP contribution in [-0.2, 0) is 19.6 Å². The molecule has 2 aliphatic rings. The molecule has 1 atom stereocenters. The number of anilines is 1. The van der Waals surface area contributed by atoms with Crippen LogP contribution in [0.3, 0.4) is 0 Å². The van der Waals surface area contributed by atoms with Crippen molar-refractivity contribution in [2.24, 2.45) is 0 Å². The number of nitrogens with one attached hydrogen (secondary N) is 1. The molecule has 1 saturated heterocycles. The highest BCUT2D eigenvalue weighted by Gasteiger charge is 2.51. The Hall–Kier alpha value is -1.93. The molecule has 2 fully saturated rings. The first-order chi connectivity index (χ1) is 14.7. The second-order valence-corrected chi connectivity index (χ2v) is 11.2. The fourth-order valence-electron chi connectivity index (χ4n) is 4.61. The number of benzene rings is 1. The van der Waals surface area contributed by atoms with Gasteiger partial charge in [0, 0.05) is 18.3 Å². The summed E-state index contributed by atoms with van der Waals surface area (Å²) in [6.45, 7) is 5.14. The standard InChI is InChI=1S/C23H35N3O4S/c1-4-15-31(29,30)25-16-21(27)26(20-13-11-18(2)12-14-20)23(3,17-25)22(28)24-19-9-7-5-6-8-10-19/h11-14,19H,4-10,15-17H2,1-3H3,(H,24,28)/t23-/m1/s1. The first-order valence-corrected chi connectivity index (χ1v) is 13.0. The fraction of sp³-hybridized carbons (Fsp3) is 0.652. The maximum atomic E-state index is 13.6. The molecule has 1 aromatic carbocycles. The number of carbonyl (C=O) groups is 2. The van der Waals surface area contributed by atoms with Crippen LogP contribution in [0.4, 0.5) is 5.69 Å². The lowest BCUT2D eigenvalue weighted by atomic mass is 9.93. The predicted octanol–water partition coefficient (Wildman–Crippen LogP) is 2.98. The average Bonchev–Trinajstić information content (AvgIpc) is 2.97. The van der Waals surface area contributed by atoms with Gasteiger partial charge in [0.25, 0.3) is 0 Å². The first kappa shape index (κ1) is 23.7. The summed E-state index contributed by atoms with van der Waals surface area (Å²) < 4.78 is 26.8. The molecule has 7 nitrogen and oxygen atoms in total. The van der Waals surface area contributed by atoms with Crippen LogP contribution in [0.25, 0.3) is 0 Å². The summed E-state index contributed by atoms with van der Waals surface area (Å²) >= 11 is 0. The topological polar surface area (TPSA) is 86.8 Å². The Bertz CT molecular complexity index is 892. The molecule has 2 amide bonds. The number of piperazine rings is 1. The molecule has 31 heavy (non-hydrogen) atoms. The van der Waals surface area contributed by atoms with E-state index in [4.69, 9.17) is 0 Å². The SMILES string of the molecule is CCCS(=O)(=O)N1CC(=O)N(c2ccc(C)cc2)[C@@](C)(C(=O)NC2CCCCCC2)C1.